The van der Waals surface area contributed by atoms with E-state index >= 15 is 0 Å². The first-order chi connectivity index (χ1) is 11.4. The molecule has 0 aromatic heterocycles. The number of ether oxygens (including phenoxy) is 1. The average Bonchev–Trinajstić information content (AvgIpc) is 2.58. The van der Waals surface area contributed by atoms with Gasteiger partial charge in [-0.2, -0.15) is 0 Å². The molecule has 0 saturated heterocycles. The Bertz CT molecular complexity index is 535. The smallest absolute Gasteiger partial charge is 0.317 e. The zero-order chi connectivity index (χ0) is 17.6. The van der Waals surface area contributed by atoms with Crippen LogP contribution in [0.1, 0.15) is 45.1 Å². The molecule has 1 aliphatic carbocycles. The van der Waals surface area contributed by atoms with Crippen LogP contribution < -0.4 is 10.1 Å². The largest absolute Gasteiger partial charge is 0.491 e. The van der Waals surface area contributed by atoms with Crippen molar-refractivity contribution < 1.29 is 14.6 Å². The highest BCUT2D eigenvalue weighted by molar-refractivity contribution is 5.74. The molecule has 5 nitrogen and oxygen atoms in total. The topological polar surface area (TPSA) is 61.8 Å². The number of hydrogen-bond acceptors (Lipinski definition) is 3. The van der Waals surface area contributed by atoms with Gasteiger partial charge in [0.1, 0.15) is 12.4 Å². The molecule has 2 N–H and O–H groups in total. The molecule has 134 valence electrons. The predicted octanol–water partition coefficient (Wildman–Crippen LogP) is 3.17. The molecular weight excluding hydrogens is 304 g/mol. The van der Waals surface area contributed by atoms with Gasteiger partial charge in [0, 0.05) is 25.2 Å². The molecule has 0 unspecified atom stereocenters. The van der Waals surface area contributed by atoms with Gasteiger partial charge in [0.2, 0.25) is 0 Å². The maximum atomic E-state index is 12.4. The Balaban J connectivity index is 1.87. The summed E-state index contributed by atoms with van der Waals surface area (Å²) in [6, 6.07) is 7.85. The summed E-state index contributed by atoms with van der Waals surface area (Å²) in [6.07, 6.45) is 4.44. The van der Waals surface area contributed by atoms with Gasteiger partial charge in [0.05, 0.1) is 6.61 Å². The Morgan fingerprint density at radius 2 is 2.00 bits per heavy atom. The van der Waals surface area contributed by atoms with Gasteiger partial charge < -0.3 is 20.1 Å². The predicted molar refractivity (Wildman–Crippen MR) is 95.1 cm³/mol. The van der Waals surface area contributed by atoms with Gasteiger partial charge in [-0.1, -0.05) is 32.0 Å². The summed E-state index contributed by atoms with van der Waals surface area (Å²) >= 11 is 0. The molecule has 0 bridgehead atoms. The van der Waals surface area contributed by atoms with Crippen molar-refractivity contribution in [3.05, 3.63) is 29.8 Å². The van der Waals surface area contributed by atoms with Gasteiger partial charge in [-0.05, 0) is 37.2 Å². The van der Waals surface area contributed by atoms with Crippen LogP contribution >= 0.6 is 0 Å². The number of carbonyl (C=O) groups excluding carboxylic acids is 1. The molecule has 0 spiro atoms. The summed E-state index contributed by atoms with van der Waals surface area (Å²) in [6.45, 7) is 5.24. The van der Waals surface area contributed by atoms with E-state index in [0.717, 1.165) is 31.2 Å². The first kappa shape index (κ1) is 18.6. The van der Waals surface area contributed by atoms with E-state index in [-0.39, 0.29) is 19.2 Å². The number of benzene rings is 1. The monoisotopic (exact) mass is 334 g/mol. The van der Waals surface area contributed by atoms with E-state index in [1.165, 1.54) is 0 Å². The van der Waals surface area contributed by atoms with Gasteiger partial charge in [-0.3, -0.25) is 0 Å². The summed E-state index contributed by atoms with van der Waals surface area (Å²) in [4.78, 5) is 14.3. The summed E-state index contributed by atoms with van der Waals surface area (Å²) in [5.74, 6) is 0.703. The highest BCUT2D eigenvalue weighted by Crippen LogP contribution is 2.36. The van der Waals surface area contributed by atoms with E-state index in [1.54, 1.807) is 0 Å². The van der Waals surface area contributed by atoms with Crippen LogP contribution in [0.4, 0.5) is 4.79 Å². The average molecular weight is 334 g/mol. The maximum Gasteiger partial charge on any atom is 0.317 e. The second-order valence-corrected chi connectivity index (χ2v) is 7.34. The minimum absolute atomic E-state index is 0.0263. The fraction of sp³-hybridized carbons (Fsp3) is 0.632. The number of nitrogens with zero attached hydrogens (tertiary/aromatic N) is 1. The Hall–Kier alpha value is -1.75. The number of nitrogens with one attached hydrogen (secondary N) is 1. The summed E-state index contributed by atoms with van der Waals surface area (Å²) < 4.78 is 5.50. The number of amides is 2. The van der Waals surface area contributed by atoms with Crippen LogP contribution in [0.25, 0.3) is 0 Å². The Labute approximate surface area is 145 Å². The van der Waals surface area contributed by atoms with E-state index in [4.69, 9.17) is 9.84 Å². The van der Waals surface area contributed by atoms with Crippen molar-refractivity contribution in [2.75, 3.05) is 20.3 Å². The van der Waals surface area contributed by atoms with Crippen molar-refractivity contribution in [1.82, 2.24) is 10.2 Å². The zero-order valence-electron chi connectivity index (χ0n) is 15.0. The Kier molecular flexibility index (Phi) is 6.49. The molecular formula is C19H30N2O3. The molecule has 24 heavy (non-hydrogen) atoms. The first-order valence-corrected chi connectivity index (χ1v) is 8.75. The molecule has 0 radical (unpaired) electrons. The fourth-order valence-corrected chi connectivity index (χ4v) is 3.18. The highest BCUT2D eigenvalue weighted by atomic mass is 16.5. The van der Waals surface area contributed by atoms with E-state index in [9.17, 15) is 4.79 Å². The molecule has 5 heteroatoms. The number of aliphatic hydroxyl groups excluding tert-OH is 1. The van der Waals surface area contributed by atoms with Crippen molar-refractivity contribution in [2.24, 2.45) is 5.41 Å². The van der Waals surface area contributed by atoms with Gasteiger partial charge in [-0.25, -0.2) is 4.79 Å². The Morgan fingerprint density at radius 1 is 1.33 bits per heavy atom. The summed E-state index contributed by atoms with van der Waals surface area (Å²) in [5.41, 5.74) is 1.31. The fourth-order valence-electron chi connectivity index (χ4n) is 3.18. The van der Waals surface area contributed by atoms with Crippen LogP contribution in [-0.2, 0) is 6.54 Å². The number of aliphatic hydroxyl groups is 1. The quantitative estimate of drug-likeness (QED) is 0.840. The van der Waals surface area contributed by atoms with E-state index in [2.05, 4.69) is 19.2 Å². The molecule has 1 aromatic rings. The minimum atomic E-state index is -0.0448. The van der Waals surface area contributed by atoms with Crippen molar-refractivity contribution >= 4 is 6.03 Å². The lowest BCUT2D eigenvalue weighted by molar-refractivity contribution is 0.134. The van der Waals surface area contributed by atoms with Gasteiger partial charge >= 0.3 is 6.03 Å². The lowest BCUT2D eigenvalue weighted by atomic mass is 9.75. The van der Waals surface area contributed by atoms with E-state index < -0.39 is 0 Å². The van der Waals surface area contributed by atoms with Crippen molar-refractivity contribution in [3.8, 4) is 5.75 Å². The number of para-hydroxylation sites is 1. The van der Waals surface area contributed by atoms with Crippen LogP contribution in [0.3, 0.4) is 0 Å². The second-order valence-electron chi connectivity index (χ2n) is 7.34. The lowest BCUT2D eigenvalue weighted by Crippen LogP contribution is -2.45. The van der Waals surface area contributed by atoms with E-state index in [0.29, 0.717) is 23.8 Å². The Morgan fingerprint density at radius 3 is 2.67 bits per heavy atom. The molecule has 1 fully saturated rings. The van der Waals surface area contributed by atoms with Gasteiger partial charge in [0.15, 0.2) is 0 Å². The van der Waals surface area contributed by atoms with Gasteiger partial charge in [0.25, 0.3) is 0 Å². The van der Waals surface area contributed by atoms with Crippen LogP contribution in [0.15, 0.2) is 24.3 Å². The first-order valence-electron chi connectivity index (χ1n) is 8.75. The number of rotatable bonds is 6. The summed E-state index contributed by atoms with van der Waals surface area (Å²) in [5, 5.41) is 11.9. The summed E-state index contributed by atoms with van der Waals surface area (Å²) in [7, 11) is 1.88. The van der Waals surface area contributed by atoms with Crippen molar-refractivity contribution in [2.45, 2.75) is 52.1 Å². The standard InChI is InChI=1S/C19H30N2O3/c1-19(2)10-8-16(9-11-19)21(3)18(23)20-14-15-6-4-5-7-17(15)24-13-12-22/h4-7,16,22H,8-14H2,1-3H3,(H,20,23). The number of carbonyl (C=O) groups is 1. The van der Waals surface area contributed by atoms with E-state index in [1.807, 2.05) is 36.2 Å². The van der Waals surface area contributed by atoms with Crippen LogP contribution in [0.5, 0.6) is 5.75 Å². The zero-order valence-corrected chi connectivity index (χ0v) is 15.0. The molecule has 2 amide bonds. The van der Waals surface area contributed by atoms with Crippen LogP contribution in [0.2, 0.25) is 0 Å². The number of hydrogen-bond donors (Lipinski definition) is 2. The van der Waals surface area contributed by atoms with Crippen molar-refractivity contribution in [3.63, 3.8) is 0 Å². The SMILES string of the molecule is CN(C(=O)NCc1ccccc1OCCO)C1CCC(C)(C)CC1. The molecule has 0 atom stereocenters. The third-order valence-corrected chi connectivity index (χ3v) is 4.93. The number of urea groups is 1. The maximum absolute atomic E-state index is 12.4. The molecule has 1 aromatic carbocycles. The van der Waals surface area contributed by atoms with Crippen molar-refractivity contribution in [1.29, 1.82) is 0 Å². The molecule has 2 rings (SSSR count). The second kappa shape index (κ2) is 8.38. The molecule has 0 heterocycles. The molecule has 0 aliphatic heterocycles. The molecule has 1 aliphatic rings. The van der Waals surface area contributed by atoms with Crippen LogP contribution in [0, 0.1) is 5.41 Å². The normalized spacial score (nSPS) is 17.3. The highest BCUT2D eigenvalue weighted by Gasteiger charge is 2.30. The minimum Gasteiger partial charge on any atom is -0.491 e. The van der Waals surface area contributed by atoms with Crippen LogP contribution in [-0.4, -0.2) is 42.3 Å². The van der Waals surface area contributed by atoms with Gasteiger partial charge in [-0.15, -0.1) is 0 Å². The third-order valence-electron chi connectivity index (χ3n) is 4.93. The molecule has 1 saturated carbocycles. The third kappa shape index (κ3) is 5.13. The lowest BCUT2D eigenvalue weighted by Gasteiger charge is -2.38.